The number of nitrogens with one attached hydrogen (secondary N) is 2. The second-order valence-electron chi connectivity index (χ2n) is 9.37. The molecule has 0 radical (unpaired) electrons. The molecule has 6 heteroatoms. The number of hydrogen-bond acceptors (Lipinski definition) is 3. The third kappa shape index (κ3) is 4.96. The molecule has 2 aliphatic rings. The number of carbonyl (C=O) groups excluding carboxylic acids is 2. The lowest BCUT2D eigenvalue weighted by atomic mass is 9.95. The number of likely N-dealkylation sites (tertiary alicyclic amines) is 2. The molecular formula is C27H32N4O2. The summed E-state index contributed by atoms with van der Waals surface area (Å²) in [6, 6.07) is 16.4. The van der Waals surface area contributed by atoms with Gasteiger partial charge in [-0.3, -0.25) is 9.59 Å². The predicted molar refractivity (Wildman–Crippen MR) is 130 cm³/mol. The average molecular weight is 445 g/mol. The second kappa shape index (κ2) is 9.79. The van der Waals surface area contributed by atoms with Crippen molar-refractivity contribution in [3.63, 3.8) is 0 Å². The number of carbonyl (C=O) groups is 2. The van der Waals surface area contributed by atoms with Crippen LogP contribution in [0.15, 0.2) is 60.8 Å². The zero-order valence-corrected chi connectivity index (χ0v) is 19.0. The summed E-state index contributed by atoms with van der Waals surface area (Å²) in [6.07, 6.45) is 6.54. The Morgan fingerprint density at radius 2 is 1.73 bits per heavy atom. The van der Waals surface area contributed by atoms with Gasteiger partial charge in [-0.15, -0.1) is 0 Å². The Hall–Kier alpha value is -3.12. The third-order valence-corrected chi connectivity index (χ3v) is 7.11. The summed E-state index contributed by atoms with van der Waals surface area (Å²) in [4.78, 5) is 34.4. The van der Waals surface area contributed by atoms with E-state index in [0.29, 0.717) is 11.5 Å². The molecule has 0 aliphatic carbocycles. The molecule has 33 heavy (non-hydrogen) atoms. The largest absolute Gasteiger partial charge is 0.361 e. The number of rotatable bonds is 6. The molecule has 0 spiro atoms. The van der Waals surface area contributed by atoms with E-state index in [1.165, 1.54) is 25.9 Å². The molecule has 0 unspecified atom stereocenters. The maximum absolute atomic E-state index is 13.6. The molecule has 2 fully saturated rings. The van der Waals surface area contributed by atoms with Gasteiger partial charge in [0.05, 0.1) is 0 Å². The molecule has 2 saturated heterocycles. The van der Waals surface area contributed by atoms with Crippen LogP contribution in [-0.4, -0.2) is 59.3 Å². The Morgan fingerprint density at radius 3 is 2.48 bits per heavy atom. The Bertz CT molecular complexity index is 1100. The summed E-state index contributed by atoms with van der Waals surface area (Å²) in [7, 11) is 0. The van der Waals surface area contributed by atoms with Crippen molar-refractivity contribution in [2.24, 2.45) is 5.92 Å². The fraction of sp³-hybridized carbons (Fsp3) is 0.407. The van der Waals surface area contributed by atoms with Gasteiger partial charge in [-0.25, -0.2) is 0 Å². The molecule has 5 rings (SSSR count). The SMILES string of the molecule is O=C(N[C@@H](C(=O)N1CCC(CN2CCCC2)CC1)c1ccccc1)c1ccc2cc[nH]c2c1. The van der Waals surface area contributed by atoms with Gasteiger partial charge in [-0.1, -0.05) is 36.4 Å². The van der Waals surface area contributed by atoms with Gasteiger partial charge >= 0.3 is 0 Å². The minimum absolute atomic E-state index is 0.0184. The smallest absolute Gasteiger partial charge is 0.252 e. The van der Waals surface area contributed by atoms with Crippen LogP contribution in [0.4, 0.5) is 0 Å². The summed E-state index contributed by atoms with van der Waals surface area (Å²) < 4.78 is 0. The van der Waals surface area contributed by atoms with E-state index < -0.39 is 6.04 Å². The number of piperidine rings is 1. The van der Waals surface area contributed by atoms with Crippen LogP contribution in [0.5, 0.6) is 0 Å². The van der Waals surface area contributed by atoms with Gasteiger partial charge in [0.25, 0.3) is 5.91 Å². The van der Waals surface area contributed by atoms with Gasteiger partial charge in [-0.2, -0.15) is 0 Å². The number of fused-ring (bicyclic) bond motifs is 1. The Kier molecular flexibility index (Phi) is 6.44. The van der Waals surface area contributed by atoms with Crippen molar-refractivity contribution in [3.8, 4) is 0 Å². The molecule has 0 bridgehead atoms. The van der Waals surface area contributed by atoms with Crippen molar-refractivity contribution in [1.82, 2.24) is 20.1 Å². The van der Waals surface area contributed by atoms with Crippen LogP contribution in [0, 0.1) is 5.92 Å². The standard InChI is InChI=1S/C27H32N4O2/c32-26(23-9-8-21-10-13-28-24(21)18-23)29-25(22-6-2-1-3-7-22)27(33)31-16-11-20(12-17-31)19-30-14-4-5-15-30/h1-3,6-10,13,18,20,25,28H,4-5,11-12,14-17,19H2,(H,29,32)/t25-/m1/s1. The van der Waals surface area contributed by atoms with Crippen molar-refractivity contribution in [2.45, 2.75) is 31.7 Å². The van der Waals surface area contributed by atoms with E-state index in [-0.39, 0.29) is 11.8 Å². The number of amides is 2. The molecular weight excluding hydrogens is 412 g/mol. The van der Waals surface area contributed by atoms with Gasteiger partial charge in [0.15, 0.2) is 0 Å². The monoisotopic (exact) mass is 444 g/mol. The van der Waals surface area contributed by atoms with Gasteiger partial charge in [0, 0.05) is 36.9 Å². The molecule has 2 aromatic carbocycles. The van der Waals surface area contributed by atoms with Crippen LogP contribution in [-0.2, 0) is 4.79 Å². The van der Waals surface area contributed by atoms with Crippen molar-refractivity contribution in [2.75, 3.05) is 32.7 Å². The number of benzene rings is 2. The van der Waals surface area contributed by atoms with Crippen molar-refractivity contribution in [1.29, 1.82) is 0 Å². The topological polar surface area (TPSA) is 68.4 Å². The average Bonchev–Trinajstić information content (AvgIpc) is 3.54. The highest BCUT2D eigenvalue weighted by atomic mass is 16.2. The molecule has 0 saturated carbocycles. The molecule has 2 N–H and O–H groups in total. The first-order valence-corrected chi connectivity index (χ1v) is 12.1. The van der Waals surface area contributed by atoms with E-state index in [4.69, 9.17) is 0 Å². The number of aromatic amines is 1. The van der Waals surface area contributed by atoms with E-state index in [2.05, 4.69) is 15.2 Å². The molecule has 1 atom stereocenters. The zero-order valence-electron chi connectivity index (χ0n) is 19.0. The number of H-pyrrole nitrogens is 1. The van der Waals surface area contributed by atoms with Gasteiger partial charge in [-0.05, 0) is 73.8 Å². The summed E-state index contributed by atoms with van der Waals surface area (Å²) in [5, 5.41) is 4.08. The lowest BCUT2D eigenvalue weighted by Crippen LogP contribution is -2.47. The highest BCUT2D eigenvalue weighted by Gasteiger charge is 2.31. The maximum atomic E-state index is 13.6. The molecule has 6 nitrogen and oxygen atoms in total. The third-order valence-electron chi connectivity index (χ3n) is 7.11. The second-order valence-corrected chi connectivity index (χ2v) is 9.37. The van der Waals surface area contributed by atoms with Crippen molar-refractivity contribution < 1.29 is 9.59 Å². The van der Waals surface area contributed by atoms with E-state index in [0.717, 1.165) is 48.9 Å². The van der Waals surface area contributed by atoms with Crippen LogP contribution < -0.4 is 5.32 Å². The van der Waals surface area contributed by atoms with E-state index >= 15 is 0 Å². The fourth-order valence-electron chi connectivity index (χ4n) is 5.19. The van der Waals surface area contributed by atoms with Gasteiger partial charge in [0.1, 0.15) is 6.04 Å². The number of aromatic nitrogens is 1. The Labute approximate surface area is 195 Å². The number of nitrogens with zero attached hydrogens (tertiary/aromatic N) is 2. The number of hydrogen-bond donors (Lipinski definition) is 2. The Morgan fingerprint density at radius 1 is 0.970 bits per heavy atom. The first kappa shape index (κ1) is 21.7. The van der Waals surface area contributed by atoms with Crippen LogP contribution in [0.25, 0.3) is 10.9 Å². The highest BCUT2D eigenvalue weighted by molar-refractivity contribution is 6.00. The lowest BCUT2D eigenvalue weighted by Gasteiger charge is -2.36. The normalized spacial score (nSPS) is 18.5. The first-order valence-electron chi connectivity index (χ1n) is 12.1. The maximum Gasteiger partial charge on any atom is 0.252 e. The minimum Gasteiger partial charge on any atom is -0.361 e. The van der Waals surface area contributed by atoms with Crippen LogP contribution in [0.1, 0.15) is 47.6 Å². The van der Waals surface area contributed by atoms with Crippen LogP contribution in [0.3, 0.4) is 0 Å². The Balaban J connectivity index is 1.28. The minimum atomic E-state index is -0.687. The molecule has 2 aliphatic heterocycles. The first-order chi connectivity index (χ1) is 16.2. The zero-order chi connectivity index (χ0) is 22.6. The van der Waals surface area contributed by atoms with E-state index in [1.807, 2.05) is 65.7 Å². The van der Waals surface area contributed by atoms with Crippen LogP contribution in [0.2, 0.25) is 0 Å². The van der Waals surface area contributed by atoms with Crippen molar-refractivity contribution in [3.05, 3.63) is 71.9 Å². The quantitative estimate of drug-likeness (QED) is 0.604. The van der Waals surface area contributed by atoms with Crippen molar-refractivity contribution >= 4 is 22.7 Å². The summed E-state index contributed by atoms with van der Waals surface area (Å²) in [6.45, 7) is 5.10. The van der Waals surface area contributed by atoms with Gasteiger partial charge in [0.2, 0.25) is 5.91 Å². The predicted octanol–water partition coefficient (Wildman–Crippen LogP) is 3.97. The fourth-order valence-corrected chi connectivity index (χ4v) is 5.19. The summed E-state index contributed by atoms with van der Waals surface area (Å²) >= 11 is 0. The molecule has 3 heterocycles. The highest BCUT2D eigenvalue weighted by Crippen LogP contribution is 2.24. The molecule has 2 amide bonds. The van der Waals surface area contributed by atoms with E-state index in [1.54, 1.807) is 0 Å². The molecule has 3 aromatic rings. The van der Waals surface area contributed by atoms with Gasteiger partial charge < -0.3 is 20.1 Å². The summed E-state index contributed by atoms with van der Waals surface area (Å²) in [5.74, 6) is 0.400. The summed E-state index contributed by atoms with van der Waals surface area (Å²) in [5.41, 5.74) is 2.27. The molecule has 1 aromatic heterocycles. The van der Waals surface area contributed by atoms with Crippen LogP contribution >= 0.6 is 0 Å². The molecule has 172 valence electrons. The lowest BCUT2D eigenvalue weighted by molar-refractivity contribution is -0.134. The van der Waals surface area contributed by atoms with E-state index in [9.17, 15) is 9.59 Å².